The topological polar surface area (TPSA) is 109 Å². The number of aliphatic hydroxyl groups is 1. The van der Waals surface area contributed by atoms with Crippen LogP contribution in [0.5, 0.6) is 0 Å². The van der Waals surface area contributed by atoms with Crippen molar-refractivity contribution in [3.05, 3.63) is 11.9 Å². The fourth-order valence-corrected chi connectivity index (χ4v) is 1.25. The first-order chi connectivity index (χ1) is 8.56. The highest BCUT2D eigenvalue weighted by Crippen LogP contribution is 2.11. The van der Waals surface area contributed by atoms with Crippen LogP contribution in [0.1, 0.15) is 31.6 Å². The number of rotatable bonds is 5. The van der Waals surface area contributed by atoms with E-state index in [4.69, 9.17) is 0 Å². The Balaban J connectivity index is 2.41. The number of urea groups is 1. The highest BCUT2D eigenvalue weighted by Gasteiger charge is 2.11. The van der Waals surface area contributed by atoms with E-state index < -0.39 is 18.0 Å². The number of aliphatic hydroxyl groups excluding tert-OH is 1. The number of hydrogen-bond acceptors (Lipinski definition) is 5. The molecule has 1 rings (SSSR count). The molecule has 3 amide bonds. The molecule has 1 aromatic heterocycles. The Morgan fingerprint density at radius 1 is 1.56 bits per heavy atom. The summed E-state index contributed by atoms with van der Waals surface area (Å²) in [5, 5.41) is 21.5. The molecule has 0 fully saturated rings. The van der Waals surface area contributed by atoms with Gasteiger partial charge in [0.15, 0.2) is 0 Å². The lowest BCUT2D eigenvalue weighted by Crippen LogP contribution is -2.37. The number of amides is 3. The van der Waals surface area contributed by atoms with Gasteiger partial charge in [-0.15, -0.1) is 5.10 Å². The highest BCUT2D eigenvalue weighted by molar-refractivity contribution is 5.94. The molecule has 8 nitrogen and oxygen atoms in total. The van der Waals surface area contributed by atoms with E-state index >= 15 is 0 Å². The first kappa shape index (κ1) is 14.1. The van der Waals surface area contributed by atoms with Crippen LogP contribution >= 0.6 is 0 Å². The van der Waals surface area contributed by atoms with Crippen molar-refractivity contribution >= 4 is 11.9 Å². The summed E-state index contributed by atoms with van der Waals surface area (Å²) in [7, 11) is 1.43. The Bertz CT molecular complexity index is 417. The van der Waals surface area contributed by atoms with Gasteiger partial charge in [0.05, 0.1) is 18.8 Å². The fourth-order valence-electron chi connectivity index (χ4n) is 1.25. The zero-order chi connectivity index (χ0) is 13.5. The predicted molar refractivity (Wildman–Crippen MR) is 62.5 cm³/mol. The molecule has 0 saturated carbocycles. The lowest BCUT2D eigenvalue weighted by atomic mass is 10.2. The van der Waals surface area contributed by atoms with Gasteiger partial charge in [-0.25, -0.2) is 4.79 Å². The van der Waals surface area contributed by atoms with Gasteiger partial charge in [0.1, 0.15) is 5.69 Å². The molecular formula is C10H17N5O3. The number of carbonyl (C=O) groups excluding carboxylic acids is 2. The molecule has 1 unspecified atom stereocenters. The van der Waals surface area contributed by atoms with E-state index in [1.165, 1.54) is 11.7 Å². The van der Waals surface area contributed by atoms with E-state index in [9.17, 15) is 14.7 Å². The molecule has 100 valence electrons. The van der Waals surface area contributed by atoms with Crippen molar-refractivity contribution in [1.82, 2.24) is 25.6 Å². The third-order valence-electron chi connectivity index (χ3n) is 2.33. The Hall–Kier alpha value is -1.96. The Morgan fingerprint density at radius 2 is 2.28 bits per heavy atom. The monoisotopic (exact) mass is 255 g/mol. The van der Waals surface area contributed by atoms with Gasteiger partial charge in [-0.1, -0.05) is 12.1 Å². The normalized spacial score (nSPS) is 11.9. The molecule has 0 aliphatic carbocycles. The third kappa shape index (κ3) is 4.13. The van der Waals surface area contributed by atoms with Gasteiger partial charge in [-0.05, 0) is 6.42 Å². The number of nitrogens with zero attached hydrogens (tertiary/aromatic N) is 3. The SMILES string of the molecule is CCC(O)c1cn(CCC(=O)NC(=O)NC)nn1. The van der Waals surface area contributed by atoms with Crippen LogP contribution in [0.3, 0.4) is 0 Å². The molecule has 8 heteroatoms. The van der Waals surface area contributed by atoms with Crippen molar-refractivity contribution in [2.45, 2.75) is 32.4 Å². The van der Waals surface area contributed by atoms with Crippen molar-refractivity contribution in [3.63, 3.8) is 0 Å². The minimum absolute atomic E-state index is 0.110. The minimum Gasteiger partial charge on any atom is -0.387 e. The van der Waals surface area contributed by atoms with E-state index in [1.807, 2.05) is 6.92 Å². The van der Waals surface area contributed by atoms with E-state index in [-0.39, 0.29) is 6.42 Å². The molecule has 0 bridgehead atoms. The van der Waals surface area contributed by atoms with Crippen LogP contribution in [0.15, 0.2) is 6.20 Å². The zero-order valence-electron chi connectivity index (χ0n) is 10.4. The van der Waals surface area contributed by atoms with Gasteiger partial charge in [-0.3, -0.25) is 14.8 Å². The van der Waals surface area contributed by atoms with E-state index in [0.717, 1.165) is 0 Å². The number of imide groups is 1. The fraction of sp³-hybridized carbons (Fsp3) is 0.600. The van der Waals surface area contributed by atoms with Gasteiger partial charge in [-0.2, -0.15) is 0 Å². The van der Waals surface area contributed by atoms with Crippen LogP contribution in [-0.4, -0.2) is 39.1 Å². The molecule has 18 heavy (non-hydrogen) atoms. The average Bonchev–Trinajstić information content (AvgIpc) is 2.84. The molecule has 1 aromatic rings. The molecule has 1 atom stereocenters. The summed E-state index contributed by atoms with van der Waals surface area (Å²) in [4.78, 5) is 22.2. The molecular weight excluding hydrogens is 238 g/mol. The van der Waals surface area contributed by atoms with E-state index in [1.54, 1.807) is 6.20 Å². The highest BCUT2D eigenvalue weighted by atomic mass is 16.3. The van der Waals surface area contributed by atoms with Crippen LogP contribution in [0.2, 0.25) is 0 Å². The smallest absolute Gasteiger partial charge is 0.321 e. The quantitative estimate of drug-likeness (QED) is 0.661. The summed E-state index contributed by atoms with van der Waals surface area (Å²) in [6, 6.07) is -0.541. The van der Waals surface area contributed by atoms with E-state index in [2.05, 4.69) is 20.9 Å². The maximum Gasteiger partial charge on any atom is 0.321 e. The van der Waals surface area contributed by atoms with Gasteiger partial charge in [0.2, 0.25) is 5.91 Å². The largest absolute Gasteiger partial charge is 0.387 e. The van der Waals surface area contributed by atoms with Crippen LogP contribution in [-0.2, 0) is 11.3 Å². The maximum absolute atomic E-state index is 11.3. The van der Waals surface area contributed by atoms with Gasteiger partial charge in [0, 0.05) is 13.5 Å². The molecule has 0 aliphatic heterocycles. The van der Waals surface area contributed by atoms with Crippen molar-refractivity contribution in [3.8, 4) is 0 Å². The molecule has 0 radical (unpaired) electrons. The second-order valence-electron chi connectivity index (χ2n) is 3.71. The second-order valence-corrected chi connectivity index (χ2v) is 3.71. The maximum atomic E-state index is 11.3. The number of hydrogen-bond donors (Lipinski definition) is 3. The summed E-state index contributed by atoms with van der Waals surface area (Å²) in [5.74, 6) is -0.401. The second kappa shape index (κ2) is 6.70. The molecule has 3 N–H and O–H groups in total. The van der Waals surface area contributed by atoms with Crippen LogP contribution in [0.25, 0.3) is 0 Å². The first-order valence-electron chi connectivity index (χ1n) is 5.66. The van der Waals surface area contributed by atoms with Gasteiger partial charge in [0.25, 0.3) is 0 Å². The Morgan fingerprint density at radius 3 is 2.89 bits per heavy atom. The predicted octanol–water partition coefficient (Wildman–Crippen LogP) is -0.433. The average molecular weight is 255 g/mol. The standard InChI is InChI=1S/C10H17N5O3/c1-3-8(16)7-6-15(14-13-7)5-4-9(17)12-10(18)11-2/h6,8,16H,3-5H2,1-2H3,(H2,11,12,17,18). The molecule has 0 aliphatic rings. The van der Waals surface area contributed by atoms with Crippen LogP contribution < -0.4 is 10.6 Å². The summed E-state index contributed by atoms with van der Waals surface area (Å²) in [5.41, 5.74) is 0.476. The summed E-state index contributed by atoms with van der Waals surface area (Å²) in [6.07, 6.45) is 1.61. The van der Waals surface area contributed by atoms with Crippen molar-refractivity contribution in [1.29, 1.82) is 0 Å². The Kier molecular flexibility index (Phi) is 5.25. The lowest BCUT2D eigenvalue weighted by Gasteiger charge is -2.03. The van der Waals surface area contributed by atoms with Crippen LogP contribution in [0, 0.1) is 0 Å². The zero-order valence-corrected chi connectivity index (χ0v) is 10.4. The van der Waals surface area contributed by atoms with Crippen molar-refractivity contribution in [2.75, 3.05) is 7.05 Å². The summed E-state index contributed by atoms with van der Waals surface area (Å²) < 4.78 is 1.46. The summed E-state index contributed by atoms with van der Waals surface area (Å²) >= 11 is 0. The number of aryl methyl sites for hydroxylation is 1. The van der Waals surface area contributed by atoms with Gasteiger partial charge < -0.3 is 10.4 Å². The molecule has 0 saturated heterocycles. The molecule has 1 heterocycles. The van der Waals surface area contributed by atoms with Crippen molar-refractivity contribution in [2.24, 2.45) is 0 Å². The van der Waals surface area contributed by atoms with Gasteiger partial charge >= 0.3 is 6.03 Å². The molecule has 0 spiro atoms. The minimum atomic E-state index is -0.640. The van der Waals surface area contributed by atoms with Crippen LogP contribution in [0.4, 0.5) is 4.79 Å². The number of carbonyl (C=O) groups is 2. The first-order valence-corrected chi connectivity index (χ1v) is 5.66. The lowest BCUT2D eigenvalue weighted by molar-refractivity contribution is -0.120. The number of nitrogens with one attached hydrogen (secondary N) is 2. The Labute approximate surface area is 104 Å². The van der Waals surface area contributed by atoms with E-state index in [0.29, 0.717) is 18.7 Å². The summed E-state index contributed by atoms with van der Waals surface area (Å²) in [6.45, 7) is 2.13. The van der Waals surface area contributed by atoms with Crippen molar-refractivity contribution < 1.29 is 14.7 Å². The number of aromatic nitrogens is 3. The third-order valence-corrected chi connectivity index (χ3v) is 2.33. The molecule has 0 aromatic carbocycles.